The molecule has 0 aliphatic rings. The molecule has 2 heterocycles. The van der Waals surface area contributed by atoms with Gasteiger partial charge in [0.15, 0.2) is 5.15 Å². The predicted molar refractivity (Wildman–Crippen MR) is 74.1 cm³/mol. The topological polar surface area (TPSA) is 86.0 Å². The molecule has 0 aliphatic carbocycles. The van der Waals surface area contributed by atoms with Gasteiger partial charge in [-0.15, -0.1) is 0 Å². The number of rotatable bonds is 2. The lowest BCUT2D eigenvalue weighted by Gasteiger charge is -2.08. The van der Waals surface area contributed by atoms with Crippen molar-refractivity contribution < 1.29 is 4.79 Å². The van der Waals surface area contributed by atoms with Crippen LogP contribution in [0.25, 0.3) is 0 Å². The first kappa shape index (κ1) is 14.0. The van der Waals surface area contributed by atoms with E-state index in [-0.39, 0.29) is 16.4 Å². The van der Waals surface area contributed by atoms with Crippen molar-refractivity contribution in [2.45, 2.75) is 0 Å². The molecule has 20 heavy (non-hydrogen) atoms. The van der Waals surface area contributed by atoms with Crippen LogP contribution in [0.5, 0.6) is 0 Å². The molecule has 1 N–H and O–H groups in total. The third-order valence-corrected chi connectivity index (χ3v) is 3.00. The summed E-state index contributed by atoms with van der Waals surface area (Å²) in [6.07, 6.45) is 2.66. The van der Waals surface area contributed by atoms with Crippen LogP contribution in [0, 0.1) is 0 Å². The number of aryl methyl sites for hydroxylation is 1. The van der Waals surface area contributed by atoms with Gasteiger partial charge in [-0.2, -0.15) is 0 Å². The maximum atomic E-state index is 12.1. The monoisotopic (exact) mass is 294 g/mol. The highest BCUT2D eigenvalue weighted by Crippen LogP contribution is 2.17. The zero-order valence-electron chi connectivity index (χ0n) is 10.8. The van der Waals surface area contributed by atoms with Crippen molar-refractivity contribution in [3.63, 3.8) is 0 Å². The Labute approximate surface area is 118 Å². The smallest absolute Gasteiger partial charge is 0.319 e. The predicted octanol–water partition coefficient (Wildman–Crippen LogP) is 0.385. The van der Waals surface area contributed by atoms with Crippen molar-refractivity contribution >= 4 is 23.2 Å². The molecule has 0 spiro atoms. The fraction of sp³-hybridized carbons (Fsp3) is 0.167. The summed E-state index contributed by atoms with van der Waals surface area (Å²) in [4.78, 5) is 39.3. The first-order valence-corrected chi connectivity index (χ1v) is 5.98. The van der Waals surface area contributed by atoms with E-state index < -0.39 is 17.2 Å². The van der Waals surface area contributed by atoms with Crippen LogP contribution >= 0.6 is 11.6 Å². The van der Waals surface area contributed by atoms with Gasteiger partial charge < -0.3 is 9.88 Å². The Morgan fingerprint density at radius 1 is 1.35 bits per heavy atom. The highest BCUT2D eigenvalue weighted by Gasteiger charge is 2.15. The quantitative estimate of drug-likeness (QED) is 0.812. The van der Waals surface area contributed by atoms with Gasteiger partial charge in [-0.1, -0.05) is 11.6 Å². The molecule has 0 bridgehead atoms. The maximum absolute atomic E-state index is 12.1. The van der Waals surface area contributed by atoms with Crippen LogP contribution in [-0.2, 0) is 14.1 Å². The van der Waals surface area contributed by atoms with Crippen LogP contribution < -0.4 is 16.6 Å². The van der Waals surface area contributed by atoms with E-state index in [4.69, 9.17) is 11.6 Å². The standard InChI is InChI=1S/C12H11ClN4O3/c1-16-6-7(11(19)17(2)12(16)20)10(18)15-8-4-3-5-14-9(8)13/h3-6H,1-2H3,(H,15,18). The van der Waals surface area contributed by atoms with Crippen molar-refractivity contribution in [3.8, 4) is 0 Å². The van der Waals surface area contributed by atoms with Crippen LogP contribution in [0.4, 0.5) is 5.69 Å². The Morgan fingerprint density at radius 3 is 2.70 bits per heavy atom. The molecule has 0 saturated carbocycles. The number of aromatic nitrogens is 3. The Balaban J connectivity index is 2.43. The van der Waals surface area contributed by atoms with Crippen LogP contribution in [0.2, 0.25) is 5.15 Å². The minimum absolute atomic E-state index is 0.113. The van der Waals surface area contributed by atoms with E-state index >= 15 is 0 Å². The van der Waals surface area contributed by atoms with Gasteiger partial charge >= 0.3 is 5.69 Å². The molecule has 2 aromatic heterocycles. The number of halogens is 1. The molecule has 7 nitrogen and oxygen atoms in total. The molecule has 1 amide bonds. The first-order chi connectivity index (χ1) is 9.41. The third-order valence-electron chi connectivity index (χ3n) is 2.70. The molecule has 0 aromatic carbocycles. The van der Waals surface area contributed by atoms with Gasteiger partial charge in [0.1, 0.15) is 5.56 Å². The first-order valence-electron chi connectivity index (χ1n) is 5.60. The summed E-state index contributed by atoms with van der Waals surface area (Å²) >= 11 is 5.82. The minimum Gasteiger partial charge on any atom is -0.319 e. The molecule has 104 valence electrons. The highest BCUT2D eigenvalue weighted by molar-refractivity contribution is 6.32. The lowest BCUT2D eigenvalue weighted by molar-refractivity contribution is 0.102. The number of hydrogen-bond acceptors (Lipinski definition) is 4. The summed E-state index contributed by atoms with van der Waals surface area (Å²) in [5.74, 6) is -0.656. The van der Waals surface area contributed by atoms with Crippen molar-refractivity contribution in [3.05, 3.63) is 56.1 Å². The van der Waals surface area contributed by atoms with Crippen molar-refractivity contribution in [2.24, 2.45) is 14.1 Å². The van der Waals surface area contributed by atoms with Crippen molar-refractivity contribution in [1.29, 1.82) is 0 Å². The minimum atomic E-state index is -0.675. The van der Waals surface area contributed by atoms with Crippen LogP contribution in [0.3, 0.4) is 0 Å². The number of amides is 1. The van der Waals surface area contributed by atoms with E-state index in [0.717, 1.165) is 9.13 Å². The van der Waals surface area contributed by atoms with Gasteiger partial charge in [0, 0.05) is 26.5 Å². The van der Waals surface area contributed by atoms with E-state index in [9.17, 15) is 14.4 Å². The zero-order valence-corrected chi connectivity index (χ0v) is 11.5. The molecule has 0 saturated heterocycles. The number of carbonyl (C=O) groups is 1. The van der Waals surface area contributed by atoms with Gasteiger partial charge in [-0.05, 0) is 12.1 Å². The Hall–Kier alpha value is -2.41. The molecule has 2 aromatic rings. The number of nitrogens with one attached hydrogen (secondary N) is 1. The Kier molecular flexibility index (Phi) is 3.71. The van der Waals surface area contributed by atoms with E-state index in [1.54, 1.807) is 12.1 Å². The molecule has 2 rings (SSSR count). The number of carbonyl (C=O) groups excluding carboxylic acids is 1. The molecule has 0 atom stereocenters. The summed E-state index contributed by atoms with van der Waals surface area (Å²) in [5.41, 5.74) is -1.05. The Bertz CT molecular complexity index is 794. The lowest BCUT2D eigenvalue weighted by atomic mass is 10.3. The maximum Gasteiger partial charge on any atom is 0.330 e. The Morgan fingerprint density at radius 2 is 2.05 bits per heavy atom. The summed E-state index contributed by atoms with van der Waals surface area (Å²) < 4.78 is 2.01. The molecular formula is C12H11ClN4O3. The van der Waals surface area contributed by atoms with Crippen LogP contribution in [0.15, 0.2) is 34.1 Å². The molecule has 0 aliphatic heterocycles. The SMILES string of the molecule is Cn1cc(C(=O)Nc2cccnc2Cl)c(=O)n(C)c1=O. The second kappa shape index (κ2) is 5.30. The average Bonchev–Trinajstić information content (AvgIpc) is 2.43. The summed E-state index contributed by atoms with van der Waals surface area (Å²) in [6.45, 7) is 0. The van der Waals surface area contributed by atoms with Gasteiger partial charge in [-0.3, -0.25) is 14.2 Å². The van der Waals surface area contributed by atoms with E-state index in [2.05, 4.69) is 10.3 Å². The molecule has 0 fully saturated rings. The molecule has 8 heteroatoms. The number of hydrogen-bond donors (Lipinski definition) is 1. The van der Waals surface area contributed by atoms with Gasteiger partial charge in [0.05, 0.1) is 5.69 Å². The summed E-state index contributed by atoms with van der Waals surface area (Å²) in [5, 5.41) is 2.59. The third kappa shape index (κ3) is 2.48. The zero-order chi connectivity index (χ0) is 14.9. The number of pyridine rings is 1. The number of nitrogens with zero attached hydrogens (tertiary/aromatic N) is 3. The van der Waals surface area contributed by atoms with Crippen LogP contribution in [0.1, 0.15) is 10.4 Å². The fourth-order valence-corrected chi connectivity index (χ4v) is 1.80. The second-order valence-electron chi connectivity index (χ2n) is 4.10. The molecule has 0 radical (unpaired) electrons. The summed E-state index contributed by atoms with van der Waals surface area (Å²) in [6, 6.07) is 3.15. The largest absolute Gasteiger partial charge is 0.330 e. The van der Waals surface area contributed by atoms with Gasteiger partial charge in [0.2, 0.25) is 0 Å². The molecular weight excluding hydrogens is 284 g/mol. The van der Waals surface area contributed by atoms with Gasteiger partial charge in [-0.25, -0.2) is 9.78 Å². The summed E-state index contributed by atoms with van der Waals surface area (Å²) in [7, 11) is 2.76. The van der Waals surface area contributed by atoms with E-state index in [1.807, 2.05) is 0 Å². The van der Waals surface area contributed by atoms with Crippen molar-refractivity contribution in [1.82, 2.24) is 14.1 Å². The van der Waals surface area contributed by atoms with E-state index in [0.29, 0.717) is 0 Å². The van der Waals surface area contributed by atoms with E-state index in [1.165, 1.54) is 26.5 Å². The fourth-order valence-electron chi connectivity index (χ4n) is 1.63. The average molecular weight is 295 g/mol. The second-order valence-corrected chi connectivity index (χ2v) is 4.45. The highest BCUT2D eigenvalue weighted by atomic mass is 35.5. The van der Waals surface area contributed by atoms with Gasteiger partial charge in [0.25, 0.3) is 11.5 Å². The normalized spacial score (nSPS) is 10.3. The van der Waals surface area contributed by atoms with Crippen LogP contribution in [-0.4, -0.2) is 20.0 Å². The molecule has 0 unspecified atom stereocenters. The van der Waals surface area contributed by atoms with Crippen molar-refractivity contribution in [2.75, 3.05) is 5.32 Å². The lowest BCUT2D eigenvalue weighted by Crippen LogP contribution is -2.40. The number of anilines is 1.